The first-order chi connectivity index (χ1) is 21.2. The zero-order valence-corrected chi connectivity index (χ0v) is 25.6. The average molecular weight is 599 g/mol. The van der Waals surface area contributed by atoms with Gasteiger partial charge < -0.3 is 25.6 Å². The average Bonchev–Trinajstić information content (AvgIpc) is 3.02. The molecule has 44 heavy (non-hydrogen) atoms. The van der Waals surface area contributed by atoms with Gasteiger partial charge in [-0.25, -0.2) is 0 Å². The van der Waals surface area contributed by atoms with Crippen molar-refractivity contribution in [1.82, 2.24) is 20.9 Å². The monoisotopic (exact) mass is 598 g/mol. The third-order valence-corrected chi connectivity index (χ3v) is 7.68. The molecule has 0 fully saturated rings. The SMILES string of the molecule is CC(C)C[C@@H]1NC(=O)C[C@@H](C(=O)NCCC(c2ccccc2)c2ccccc2)NC(=O)c2ccccc2OCCN(C)C1=O. The predicted molar refractivity (Wildman–Crippen MR) is 169 cm³/mol. The Bertz CT molecular complexity index is 1370. The van der Waals surface area contributed by atoms with Crippen LogP contribution in [0, 0.1) is 5.92 Å². The summed E-state index contributed by atoms with van der Waals surface area (Å²) in [6.07, 6.45) is 0.718. The van der Waals surface area contributed by atoms with Crippen molar-refractivity contribution in [2.45, 2.75) is 51.1 Å². The van der Waals surface area contributed by atoms with Gasteiger partial charge in [0.1, 0.15) is 24.4 Å². The van der Waals surface area contributed by atoms with Crippen molar-refractivity contribution in [2.75, 3.05) is 26.7 Å². The van der Waals surface area contributed by atoms with Gasteiger partial charge in [-0.2, -0.15) is 0 Å². The van der Waals surface area contributed by atoms with Crippen molar-refractivity contribution >= 4 is 23.6 Å². The zero-order valence-electron chi connectivity index (χ0n) is 25.6. The first-order valence-electron chi connectivity index (χ1n) is 15.2. The van der Waals surface area contributed by atoms with Crippen LogP contribution >= 0.6 is 0 Å². The first-order valence-corrected chi connectivity index (χ1v) is 15.2. The zero-order chi connectivity index (χ0) is 31.5. The van der Waals surface area contributed by atoms with Crippen molar-refractivity contribution in [1.29, 1.82) is 0 Å². The summed E-state index contributed by atoms with van der Waals surface area (Å²) in [6.45, 7) is 4.69. The highest BCUT2D eigenvalue weighted by Crippen LogP contribution is 2.27. The summed E-state index contributed by atoms with van der Waals surface area (Å²) in [5.74, 6) is -1.23. The highest BCUT2D eigenvalue weighted by Gasteiger charge is 2.30. The number of hydrogen-bond donors (Lipinski definition) is 3. The molecule has 3 N–H and O–H groups in total. The molecule has 3 aromatic carbocycles. The number of ether oxygens (including phenoxy) is 1. The molecule has 2 atom stereocenters. The molecule has 4 amide bonds. The third kappa shape index (κ3) is 8.92. The van der Waals surface area contributed by atoms with E-state index in [1.54, 1.807) is 31.3 Å². The summed E-state index contributed by atoms with van der Waals surface area (Å²) in [5, 5.41) is 8.50. The summed E-state index contributed by atoms with van der Waals surface area (Å²) in [5.41, 5.74) is 2.49. The maximum atomic E-state index is 13.6. The van der Waals surface area contributed by atoms with Gasteiger partial charge in [0.2, 0.25) is 17.7 Å². The Labute approximate surface area is 259 Å². The van der Waals surface area contributed by atoms with Gasteiger partial charge in [-0.15, -0.1) is 0 Å². The summed E-state index contributed by atoms with van der Waals surface area (Å²) < 4.78 is 5.89. The lowest BCUT2D eigenvalue weighted by molar-refractivity contribution is -0.136. The Hall–Kier alpha value is -4.66. The molecule has 9 nitrogen and oxygen atoms in total. The second kappa shape index (κ2) is 15.7. The normalized spacial score (nSPS) is 18.1. The van der Waals surface area contributed by atoms with Crippen LogP contribution < -0.4 is 20.7 Å². The molecular formula is C35H42N4O5. The number of rotatable bonds is 8. The Morgan fingerprint density at radius 1 is 0.909 bits per heavy atom. The fourth-order valence-corrected chi connectivity index (χ4v) is 5.39. The van der Waals surface area contributed by atoms with E-state index >= 15 is 0 Å². The minimum atomic E-state index is -1.17. The number of benzene rings is 3. The van der Waals surface area contributed by atoms with Gasteiger partial charge in [0, 0.05) is 19.5 Å². The lowest BCUT2D eigenvalue weighted by atomic mass is 9.88. The molecule has 0 unspecified atom stereocenters. The molecule has 0 radical (unpaired) electrons. The van der Waals surface area contributed by atoms with Gasteiger partial charge in [0.05, 0.1) is 18.5 Å². The van der Waals surface area contributed by atoms with Gasteiger partial charge in [0.25, 0.3) is 5.91 Å². The molecule has 0 saturated heterocycles. The van der Waals surface area contributed by atoms with Gasteiger partial charge in [-0.1, -0.05) is 86.6 Å². The van der Waals surface area contributed by atoms with E-state index in [9.17, 15) is 19.2 Å². The predicted octanol–water partition coefficient (Wildman–Crippen LogP) is 3.90. The number of likely N-dealkylation sites (N-methyl/N-ethyl adjacent to an activating group) is 1. The van der Waals surface area contributed by atoms with Crippen LogP contribution in [0.1, 0.15) is 60.5 Å². The molecule has 0 saturated carbocycles. The van der Waals surface area contributed by atoms with Gasteiger partial charge in [-0.05, 0) is 42.0 Å². The van der Waals surface area contributed by atoms with Crippen molar-refractivity contribution in [3.8, 4) is 5.75 Å². The number of carbonyl (C=O) groups excluding carboxylic acids is 4. The van der Waals surface area contributed by atoms with Gasteiger partial charge in [-0.3, -0.25) is 19.2 Å². The molecule has 0 bridgehead atoms. The number of amides is 4. The number of fused-ring (bicyclic) bond motifs is 1. The van der Waals surface area contributed by atoms with Crippen molar-refractivity contribution in [3.05, 3.63) is 102 Å². The van der Waals surface area contributed by atoms with E-state index in [1.165, 1.54) is 4.90 Å². The smallest absolute Gasteiger partial charge is 0.255 e. The summed E-state index contributed by atoms with van der Waals surface area (Å²) in [7, 11) is 1.66. The lowest BCUT2D eigenvalue weighted by Gasteiger charge is -2.27. The summed E-state index contributed by atoms with van der Waals surface area (Å²) in [6, 6.07) is 24.9. The maximum absolute atomic E-state index is 13.6. The second-order valence-corrected chi connectivity index (χ2v) is 11.5. The van der Waals surface area contributed by atoms with E-state index < -0.39 is 29.8 Å². The van der Waals surface area contributed by atoms with E-state index in [2.05, 4.69) is 40.2 Å². The Morgan fingerprint density at radius 2 is 1.52 bits per heavy atom. The van der Waals surface area contributed by atoms with Crippen LogP contribution in [0.25, 0.3) is 0 Å². The minimum absolute atomic E-state index is 0.0448. The van der Waals surface area contributed by atoms with Gasteiger partial charge >= 0.3 is 0 Å². The molecule has 0 aromatic heterocycles. The molecule has 1 aliphatic heterocycles. The lowest BCUT2D eigenvalue weighted by Crippen LogP contribution is -2.53. The Balaban J connectivity index is 1.54. The maximum Gasteiger partial charge on any atom is 0.255 e. The third-order valence-electron chi connectivity index (χ3n) is 7.68. The largest absolute Gasteiger partial charge is 0.491 e. The van der Waals surface area contributed by atoms with E-state index in [0.29, 0.717) is 25.1 Å². The van der Waals surface area contributed by atoms with E-state index in [1.807, 2.05) is 50.2 Å². The highest BCUT2D eigenvalue weighted by atomic mass is 16.5. The van der Waals surface area contributed by atoms with Crippen LogP contribution in [-0.4, -0.2) is 67.4 Å². The quantitative estimate of drug-likeness (QED) is 0.364. The van der Waals surface area contributed by atoms with Crippen LogP contribution in [0.4, 0.5) is 0 Å². The summed E-state index contributed by atoms with van der Waals surface area (Å²) >= 11 is 0. The molecule has 1 heterocycles. The van der Waals surface area contributed by atoms with Crippen LogP contribution in [0.15, 0.2) is 84.9 Å². The van der Waals surface area contributed by atoms with E-state index in [-0.39, 0.29) is 42.9 Å². The Morgan fingerprint density at radius 3 is 2.16 bits per heavy atom. The topological polar surface area (TPSA) is 117 Å². The molecule has 4 rings (SSSR count). The fourth-order valence-electron chi connectivity index (χ4n) is 5.39. The number of nitrogens with zero attached hydrogens (tertiary/aromatic N) is 1. The van der Waals surface area contributed by atoms with Gasteiger partial charge in [0.15, 0.2) is 0 Å². The minimum Gasteiger partial charge on any atom is -0.491 e. The number of carbonyl (C=O) groups is 4. The molecular weight excluding hydrogens is 556 g/mol. The van der Waals surface area contributed by atoms with Crippen molar-refractivity contribution in [2.24, 2.45) is 5.92 Å². The Kier molecular flexibility index (Phi) is 11.5. The molecule has 232 valence electrons. The van der Waals surface area contributed by atoms with Crippen molar-refractivity contribution < 1.29 is 23.9 Å². The standard InChI is InChI=1S/C35H42N4O5/c1-24(2)22-30-35(43)39(3)20-21-44-31-17-11-10-16-28(31)33(41)38-29(23-32(40)37-30)34(42)36-19-18-27(25-12-6-4-7-13-25)26-14-8-5-9-15-26/h4-17,24,27,29-30H,18-23H2,1-3H3,(H,36,42)(H,37,40)(H,38,41)/t29-,30-/m0/s1. The molecule has 3 aromatic rings. The molecule has 9 heteroatoms. The molecule has 1 aliphatic rings. The van der Waals surface area contributed by atoms with Crippen LogP contribution in [0.2, 0.25) is 0 Å². The number of nitrogens with one attached hydrogen (secondary N) is 3. The van der Waals surface area contributed by atoms with Crippen LogP contribution in [0.5, 0.6) is 5.75 Å². The number of para-hydroxylation sites is 1. The second-order valence-electron chi connectivity index (χ2n) is 11.5. The van der Waals surface area contributed by atoms with E-state index in [0.717, 1.165) is 11.1 Å². The molecule has 0 aliphatic carbocycles. The fraction of sp³-hybridized carbons (Fsp3) is 0.371. The summed E-state index contributed by atoms with van der Waals surface area (Å²) in [4.78, 5) is 55.0. The number of hydrogen-bond acceptors (Lipinski definition) is 5. The highest BCUT2D eigenvalue weighted by molar-refractivity contribution is 6.01. The first kappa shape index (κ1) is 32.3. The van der Waals surface area contributed by atoms with Crippen LogP contribution in [-0.2, 0) is 14.4 Å². The van der Waals surface area contributed by atoms with Crippen molar-refractivity contribution in [3.63, 3.8) is 0 Å². The molecule has 0 spiro atoms. The van der Waals surface area contributed by atoms with E-state index in [4.69, 9.17) is 4.74 Å². The van der Waals surface area contributed by atoms with Crippen LogP contribution in [0.3, 0.4) is 0 Å².